The summed E-state index contributed by atoms with van der Waals surface area (Å²) in [6, 6.07) is 6.96. The van der Waals surface area contributed by atoms with Gasteiger partial charge in [0.05, 0.1) is 24.9 Å². The maximum Gasteiger partial charge on any atom is 0.459 e. The van der Waals surface area contributed by atoms with Crippen molar-refractivity contribution in [3.05, 3.63) is 36.7 Å². The summed E-state index contributed by atoms with van der Waals surface area (Å²) in [5.41, 5.74) is 4.61. The van der Waals surface area contributed by atoms with Crippen molar-refractivity contribution in [1.29, 1.82) is 0 Å². The fourth-order valence-electron chi connectivity index (χ4n) is 4.64. The molecule has 3 heterocycles. The maximum absolute atomic E-state index is 15.8. The van der Waals surface area contributed by atoms with Crippen LogP contribution >= 0.6 is 19.3 Å². The van der Waals surface area contributed by atoms with Crippen LogP contribution in [0.15, 0.2) is 36.7 Å². The Balaban J connectivity index is 1.62. The molecular formula is C27H38ClFN7O7P. The number of carbonyl (C=O) groups excluding carboxylic acids is 1. The van der Waals surface area contributed by atoms with Crippen LogP contribution in [0.3, 0.4) is 0 Å². The molecule has 17 heteroatoms. The van der Waals surface area contributed by atoms with Gasteiger partial charge in [-0.25, -0.2) is 13.9 Å². The van der Waals surface area contributed by atoms with E-state index in [9.17, 15) is 14.5 Å². The van der Waals surface area contributed by atoms with Crippen LogP contribution in [-0.2, 0) is 23.4 Å². The lowest BCUT2D eigenvalue weighted by atomic mass is 9.99. The third-order valence-electron chi connectivity index (χ3n) is 6.81. The maximum atomic E-state index is 15.8. The number of fused-ring (bicyclic) bond motifs is 1. The smallest absolute Gasteiger partial charge is 0.459 e. The van der Waals surface area contributed by atoms with Gasteiger partial charge in [0.2, 0.25) is 5.95 Å². The van der Waals surface area contributed by atoms with Crippen molar-refractivity contribution >= 4 is 48.2 Å². The molecule has 0 radical (unpaired) electrons. The topological polar surface area (TPSA) is 176 Å². The fraction of sp³-hybridized carbons (Fsp3) is 0.556. The van der Waals surface area contributed by atoms with Gasteiger partial charge in [0.1, 0.15) is 23.5 Å². The minimum absolute atomic E-state index is 0.0618. The van der Waals surface area contributed by atoms with Crippen LogP contribution in [-0.4, -0.2) is 86.7 Å². The molecule has 1 aliphatic heterocycles. The van der Waals surface area contributed by atoms with Gasteiger partial charge in [-0.15, -0.1) is 11.6 Å². The lowest BCUT2D eigenvalue weighted by molar-refractivity contribution is -0.149. The Morgan fingerprint density at radius 1 is 1.32 bits per heavy atom. The molecule has 6 atom stereocenters. The Morgan fingerprint density at radius 3 is 2.66 bits per heavy atom. The first kappa shape index (κ1) is 33.8. The number of imidazole rings is 1. The molecule has 1 saturated heterocycles. The summed E-state index contributed by atoms with van der Waals surface area (Å²) in [5.74, 6) is -0.619. The number of aliphatic hydroxyl groups is 1. The van der Waals surface area contributed by atoms with Crippen LogP contribution in [0.2, 0.25) is 0 Å². The first-order valence-electron chi connectivity index (χ1n) is 14.1. The van der Waals surface area contributed by atoms with Crippen LogP contribution in [0.1, 0.15) is 40.3 Å². The molecular weight excluding hydrogens is 620 g/mol. The minimum atomic E-state index is -4.38. The number of carbonyl (C=O) groups is 1. The average molecular weight is 658 g/mol. The van der Waals surface area contributed by atoms with E-state index in [0.29, 0.717) is 17.9 Å². The Hall–Kier alpha value is -3.07. The summed E-state index contributed by atoms with van der Waals surface area (Å²) in [7, 11) is -2.56. The summed E-state index contributed by atoms with van der Waals surface area (Å²) in [4.78, 5) is 27.2. The lowest BCUT2D eigenvalue weighted by Crippen LogP contribution is -2.48. The summed E-state index contributed by atoms with van der Waals surface area (Å²) in [6.07, 6.45) is -3.62. The first-order valence-corrected chi connectivity index (χ1v) is 16.2. The summed E-state index contributed by atoms with van der Waals surface area (Å²) in [5, 5.41) is 13.6. The van der Waals surface area contributed by atoms with Gasteiger partial charge in [0.25, 0.3) is 0 Å². The predicted octanol–water partition coefficient (Wildman–Crippen LogP) is 3.59. The molecule has 0 aliphatic carbocycles. The van der Waals surface area contributed by atoms with E-state index in [1.54, 1.807) is 32.0 Å². The summed E-state index contributed by atoms with van der Waals surface area (Å²) in [6.45, 7) is 6.73. The monoisotopic (exact) mass is 657 g/mol. The molecule has 3 aromatic rings. The Kier molecular flexibility index (Phi) is 10.7. The molecule has 4 rings (SSSR count). The highest BCUT2D eigenvalue weighted by Crippen LogP contribution is 2.49. The zero-order valence-corrected chi connectivity index (χ0v) is 26.7. The normalized spacial score (nSPS) is 23.9. The van der Waals surface area contributed by atoms with E-state index < -0.39 is 62.5 Å². The van der Waals surface area contributed by atoms with Gasteiger partial charge in [0, 0.05) is 13.6 Å². The van der Waals surface area contributed by atoms with E-state index in [0.717, 1.165) is 6.42 Å². The number of esters is 1. The first-order chi connectivity index (χ1) is 20.8. The third kappa shape index (κ3) is 7.24. The van der Waals surface area contributed by atoms with Crippen LogP contribution in [0.5, 0.6) is 5.75 Å². The van der Waals surface area contributed by atoms with Gasteiger partial charge < -0.3 is 29.7 Å². The van der Waals surface area contributed by atoms with Gasteiger partial charge in [-0.1, -0.05) is 25.1 Å². The van der Waals surface area contributed by atoms with Gasteiger partial charge in [-0.05, 0) is 39.3 Å². The zero-order valence-electron chi connectivity index (χ0n) is 25.1. The standard InChI is InChI=1S/C27H38ClFN7O7P/c1-6-12-35(5)22-20-23(33-26(30)32-22)36(15-31-20)24-19(29)21(37)27(13-28,42-24)14-40-44(39,43-18-10-8-7-9-11-18)34-17(4)25(38)41-16(2)3/h7-11,15-17,19,21,24,37H,6,12-14H2,1-5H3,(H,34,39)(H2,30,32,33)/t17-,19+,21-,24+,27+,44-/m0/s1. The van der Waals surface area contributed by atoms with Crippen molar-refractivity contribution in [2.75, 3.05) is 36.7 Å². The second kappa shape index (κ2) is 13.9. The number of aromatic nitrogens is 4. The number of nitrogens with zero attached hydrogens (tertiary/aromatic N) is 5. The molecule has 4 N–H and O–H groups in total. The van der Waals surface area contributed by atoms with E-state index in [1.807, 2.05) is 18.9 Å². The highest BCUT2D eigenvalue weighted by atomic mass is 35.5. The number of alkyl halides is 2. The minimum Gasteiger partial charge on any atom is -0.462 e. The van der Waals surface area contributed by atoms with E-state index in [4.69, 9.17) is 35.9 Å². The number of anilines is 2. The Labute approximate surface area is 259 Å². The molecule has 0 unspecified atom stereocenters. The SMILES string of the molecule is CCCN(C)c1nc(N)nc2c1ncn2[C@@H]1O[C@](CCl)(CO[P@@](=O)(N[C@@H](C)C(=O)OC(C)C)Oc2ccccc2)[C@@H](O)[C@H]1F. The fourth-order valence-corrected chi connectivity index (χ4v) is 6.49. The quantitative estimate of drug-likeness (QED) is 0.130. The van der Waals surface area contributed by atoms with Crippen LogP contribution in [0.4, 0.5) is 16.2 Å². The molecule has 14 nitrogen and oxygen atoms in total. The second-order valence-electron chi connectivity index (χ2n) is 10.8. The molecule has 44 heavy (non-hydrogen) atoms. The molecule has 2 aromatic heterocycles. The van der Waals surface area contributed by atoms with Crippen LogP contribution in [0.25, 0.3) is 11.2 Å². The Bertz CT molecular complexity index is 1490. The van der Waals surface area contributed by atoms with Crippen molar-refractivity contribution < 1.29 is 37.4 Å². The summed E-state index contributed by atoms with van der Waals surface area (Å²) >= 11 is 6.27. The number of hydrogen-bond acceptors (Lipinski definition) is 12. The number of nitrogens with two attached hydrogens (primary N) is 1. The average Bonchev–Trinajstić information content (AvgIpc) is 3.50. The van der Waals surface area contributed by atoms with Crippen molar-refractivity contribution in [1.82, 2.24) is 24.6 Å². The number of nitrogen functional groups attached to an aromatic ring is 1. The van der Waals surface area contributed by atoms with Gasteiger partial charge >= 0.3 is 13.7 Å². The second-order valence-corrected chi connectivity index (χ2v) is 12.7. The number of ether oxygens (including phenoxy) is 2. The number of benzene rings is 1. The number of hydrogen-bond donors (Lipinski definition) is 3. The van der Waals surface area contributed by atoms with Crippen LogP contribution < -0.4 is 20.2 Å². The molecule has 1 aliphatic rings. The summed E-state index contributed by atoms with van der Waals surface area (Å²) < 4.78 is 53.7. The van der Waals surface area contributed by atoms with Gasteiger partial charge in [-0.2, -0.15) is 15.1 Å². The molecule has 242 valence electrons. The number of para-hydroxylation sites is 1. The molecule has 0 saturated carbocycles. The van der Waals surface area contributed by atoms with E-state index in [1.165, 1.54) is 30.0 Å². The van der Waals surface area contributed by atoms with E-state index in [-0.39, 0.29) is 17.3 Å². The molecule has 0 amide bonds. The van der Waals surface area contributed by atoms with Crippen molar-refractivity contribution in [3.63, 3.8) is 0 Å². The number of nitrogens with one attached hydrogen (secondary N) is 1. The molecule has 0 spiro atoms. The van der Waals surface area contributed by atoms with Crippen LogP contribution in [0, 0.1) is 0 Å². The molecule has 1 fully saturated rings. The van der Waals surface area contributed by atoms with E-state index in [2.05, 4.69) is 20.0 Å². The number of rotatable bonds is 14. The van der Waals surface area contributed by atoms with Crippen molar-refractivity contribution in [2.24, 2.45) is 0 Å². The molecule has 0 bridgehead atoms. The largest absolute Gasteiger partial charge is 0.462 e. The zero-order chi connectivity index (χ0) is 32.2. The lowest BCUT2D eigenvalue weighted by Gasteiger charge is -2.31. The van der Waals surface area contributed by atoms with Crippen molar-refractivity contribution in [2.45, 2.75) is 70.4 Å². The highest BCUT2D eigenvalue weighted by Gasteiger charge is 2.57. The molecule has 1 aromatic carbocycles. The number of aliphatic hydroxyl groups excluding tert-OH is 1. The van der Waals surface area contributed by atoms with Gasteiger partial charge in [0.15, 0.2) is 29.4 Å². The highest BCUT2D eigenvalue weighted by molar-refractivity contribution is 7.52. The van der Waals surface area contributed by atoms with E-state index >= 15 is 4.39 Å². The third-order valence-corrected chi connectivity index (χ3v) is 8.89. The Morgan fingerprint density at radius 2 is 2.02 bits per heavy atom. The number of halogens is 2. The predicted molar refractivity (Wildman–Crippen MR) is 162 cm³/mol. The van der Waals surface area contributed by atoms with Crippen molar-refractivity contribution in [3.8, 4) is 5.75 Å². The van der Waals surface area contributed by atoms with Gasteiger partial charge in [-0.3, -0.25) is 13.9 Å².